The quantitative estimate of drug-likeness (QED) is 0.628. The highest BCUT2D eigenvalue weighted by atomic mass is 16.5. The third-order valence-electron chi connectivity index (χ3n) is 4.84. The number of benzene rings is 2. The summed E-state index contributed by atoms with van der Waals surface area (Å²) >= 11 is 0. The van der Waals surface area contributed by atoms with Gasteiger partial charge in [-0.15, -0.1) is 0 Å². The van der Waals surface area contributed by atoms with Crippen LogP contribution in [0.25, 0.3) is 0 Å². The summed E-state index contributed by atoms with van der Waals surface area (Å²) in [5.74, 6) is 1.24. The molecule has 0 saturated carbocycles. The Balaban J connectivity index is 1.52. The van der Waals surface area contributed by atoms with Gasteiger partial charge >= 0.3 is 0 Å². The van der Waals surface area contributed by atoms with E-state index in [9.17, 15) is 9.59 Å². The molecule has 5 nitrogen and oxygen atoms in total. The summed E-state index contributed by atoms with van der Waals surface area (Å²) in [6.45, 7) is 2.76. The number of rotatable bonds is 5. The SMILES string of the molecule is CC(=O)c1ccc(Oc2ccc3c(c2)C(=O)N(Cc2cccnc2)CC3)cc1. The second-order valence-corrected chi connectivity index (χ2v) is 6.84. The third kappa shape index (κ3) is 3.78. The van der Waals surface area contributed by atoms with E-state index in [-0.39, 0.29) is 11.7 Å². The molecule has 140 valence electrons. The van der Waals surface area contributed by atoms with E-state index in [0.29, 0.717) is 35.7 Å². The van der Waals surface area contributed by atoms with Crippen LogP contribution in [0.15, 0.2) is 67.0 Å². The van der Waals surface area contributed by atoms with E-state index in [1.165, 1.54) is 6.92 Å². The smallest absolute Gasteiger partial charge is 0.254 e. The molecule has 28 heavy (non-hydrogen) atoms. The minimum absolute atomic E-state index is 0.00230. The third-order valence-corrected chi connectivity index (χ3v) is 4.84. The average Bonchev–Trinajstić information content (AvgIpc) is 2.72. The molecule has 0 spiro atoms. The molecule has 0 bridgehead atoms. The van der Waals surface area contributed by atoms with E-state index >= 15 is 0 Å². The number of carbonyl (C=O) groups is 2. The van der Waals surface area contributed by atoms with Crippen molar-refractivity contribution in [2.45, 2.75) is 19.9 Å². The van der Waals surface area contributed by atoms with Crippen molar-refractivity contribution in [1.29, 1.82) is 0 Å². The van der Waals surface area contributed by atoms with Crippen LogP contribution < -0.4 is 4.74 Å². The number of ketones is 1. The van der Waals surface area contributed by atoms with Crippen molar-refractivity contribution in [2.75, 3.05) is 6.54 Å². The Hall–Kier alpha value is -3.47. The fourth-order valence-electron chi connectivity index (χ4n) is 3.32. The van der Waals surface area contributed by atoms with Crippen LogP contribution in [0.5, 0.6) is 11.5 Å². The number of ether oxygens (including phenoxy) is 1. The average molecular weight is 372 g/mol. The zero-order valence-electron chi connectivity index (χ0n) is 15.6. The molecule has 0 unspecified atom stereocenters. The van der Waals surface area contributed by atoms with Gasteiger partial charge in [-0.05, 0) is 66.9 Å². The number of carbonyl (C=O) groups excluding carboxylic acids is 2. The van der Waals surface area contributed by atoms with E-state index in [4.69, 9.17) is 4.74 Å². The Morgan fingerprint density at radius 2 is 1.89 bits per heavy atom. The highest BCUT2D eigenvalue weighted by molar-refractivity contribution is 5.97. The summed E-state index contributed by atoms with van der Waals surface area (Å²) in [6, 6.07) is 16.5. The first-order valence-corrected chi connectivity index (χ1v) is 9.20. The summed E-state index contributed by atoms with van der Waals surface area (Å²) in [4.78, 5) is 30.3. The van der Waals surface area contributed by atoms with Gasteiger partial charge in [0.15, 0.2) is 5.78 Å². The van der Waals surface area contributed by atoms with Crippen molar-refractivity contribution < 1.29 is 14.3 Å². The van der Waals surface area contributed by atoms with Crippen molar-refractivity contribution in [1.82, 2.24) is 9.88 Å². The molecule has 1 aromatic heterocycles. The first-order chi connectivity index (χ1) is 13.6. The van der Waals surface area contributed by atoms with E-state index in [1.807, 2.05) is 29.2 Å². The topological polar surface area (TPSA) is 59.5 Å². The normalized spacial score (nSPS) is 13.2. The molecule has 0 fully saturated rings. The maximum atomic E-state index is 13.0. The Morgan fingerprint density at radius 1 is 1.11 bits per heavy atom. The molecule has 4 rings (SSSR count). The predicted octanol–water partition coefficient (Wildman–Crippen LogP) is 4.28. The van der Waals surface area contributed by atoms with Gasteiger partial charge in [0, 0.05) is 36.6 Å². The van der Waals surface area contributed by atoms with Crippen molar-refractivity contribution in [3.63, 3.8) is 0 Å². The van der Waals surface area contributed by atoms with Crippen LogP contribution in [0.1, 0.15) is 38.8 Å². The minimum atomic E-state index is 0.00230. The van der Waals surface area contributed by atoms with E-state index in [1.54, 1.807) is 42.7 Å². The second kappa shape index (κ2) is 7.64. The zero-order chi connectivity index (χ0) is 19.5. The molecule has 0 atom stereocenters. The van der Waals surface area contributed by atoms with Gasteiger partial charge in [0.05, 0.1) is 0 Å². The largest absolute Gasteiger partial charge is 0.457 e. The predicted molar refractivity (Wildman–Crippen MR) is 106 cm³/mol. The number of nitrogens with zero attached hydrogens (tertiary/aromatic N) is 2. The van der Waals surface area contributed by atoms with Gasteiger partial charge in [-0.2, -0.15) is 0 Å². The number of pyridine rings is 1. The van der Waals surface area contributed by atoms with Crippen LogP contribution in [0, 0.1) is 0 Å². The molecule has 5 heteroatoms. The lowest BCUT2D eigenvalue weighted by Gasteiger charge is -2.28. The lowest BCUT2D eigenvalue weighted by atomic mass is 9.98. The lowest BCUT2D eigenvalue weighted by molar-refractivity contribution is 0.0726. The summed E-state index contributed by atoms with van der Waals surface area (Å²) in [6.07, 6.45) is 4.32. The van der Waals surface area contributed by atoms with Crippen molar-refractivity contribution in [3.05, 3.63) is 89.2 Å². The Labute approximate surface area is 163 Å². The Morgan fingerprint density at radius 3 is 2.61 bits per heavy atom. The van der Waals surface area contributed by atoms with Crippen molar-refractivity contribution in [2.24, 2.45) is 0 Å². The number of fused-ring (bicyclic) bond motifs is 1. The molecule has 0 saturated heterocycles. The first-order valence-electron chi connectivity index (χ1n) is 9.20. The molecule has 1 aliphatic heterocycles. The standard InChI is InChI=1S/C23H20N2O3/c1-16(26)18-4-7-20(8-5-18)28-21-9-6-19-10-12-25(23(27)22(19)13-21)15-17-3-2-11-24-14-17/h2-9,11,13-14H,10,12,15H2,1H3. The fraction of sp³-hybridized carbons (Fsp3) is 0.174. The fourth-order valence-corrected chi connectivity index (χ4v) is 3.32. The van der Waals surface area contributed by atoms with Gasteiger partial charge < -0.3 is 9.64 Å². The molecule has 2 heterocycles. The molecule has 0 aliphatic carbocycles. The monoisotopic (exact) mass is 372 g/mol. The van der Waals surface area contributed by atoms with E-state index in [2.05, 4.69) is 4.98 Å². The first kappa shape index (κ1) is 17.9. The number of amides is 1. The number of aromatic nitrogens is 1. The van der Waals surface area contributed by atoms with Crippen LogP contribution in [0.2, 0.25) is 0 Å². The minimum Gasteiger partial charge on any atom is -0.457 e. The molecule has 0 radical (unpaired) electrons. The molecular weight excluding hydrogens is 352 g/mol. The molecule has 0 N–H and O–H groups in total. The van der Waals surface area contributed by atoms with Crippen LogP contribution in [-0.2, 0) is 13.0 Å². The van der Waals surface area contributed by atoms with Crippen LogP contribution in [0.4, 0.5) is 0 Å². The highest BCUT2D eigenvalue weighted by Crippen LogP contribution is 2.28. The van der Waals surface area contributed by atoms with E-state index in [0.717, 1.165) is 17.5 Å². The van der Waals surface area contributed by atoms with Crippen molar-refractivity contribution >= 4 is 11.7 Å². The maximum absolute atomic E-state index is 13.0. The van der Waals surface area contributed by atoms with Gasteiger partial charge in [0.1, 0.15) is 11.5 Å². The summed E-state index contributed by atoms with van der Waals surface area (Å²) in [5.41, 5.74) is 3.36. The van der Waals surface area contributed by atoms with Crippen LogP contribution >= 0.6 is 0 Å². The van der Waals surface area contributed by atoms with Gasteiger partial charge in [-0.3, -0.25) is 14.6 Å². The highest BCUT2D eigenvalue weighted by Gasteiger charge is 2.25. The second-order valence-electron chi connectivity index (χ2n) is 6.84. The van der Waals surface area contributed by atoms with Gasteiger partial charge in [-0.25, -0.2) is 0 Å². The van der Waals surface area contributed by atoms with Crippen LogP contribution in [0.3, 0.4) is 0 Å². The van der Waals surface area contributed by atoms with E-state index < -0.39 is 0 Å². The van der Waals surface area contributed by atoms with Gasteiger partial charge in [0.25, 0.3) is 5.91 Å². The maximum Gasteiger partial charge on any atom is 0.254 e. The molecule has 3 aromatic rings. The number of hydrogen-bond donors (Lipinski definition) is 0. The summed E-state index contributed by atoms with van der Waals surface area (Å²) < 4.78 is 5.89. The Kier molecular flexibility index (Phi) is 4.89. The number of Topliss-reactive ketones (excluding diaryl/α,β-unsaturated/α-hetero) is 1. The van der Waals surface area contributed by atoms with Gasteiger partial charge in [-0.1, -0.05) is 12.1 Å². The molecular formula is C23H20N2O3. The number of hydrogen-bond acceptors (Lipinski definition) is 4. The van der Waals surface area contributed by atoms with Crippen LogP contribution in [-0.4, -0.2) is 28.1 Å². The summed E-state index contributed by atoms with van der Waals surface area (Å²) in [5, 5.41) is 0. The van der Waals surface area contributed by atoms with Gasteiger partial charge in [0.2, 0.25) is 0 Å². The van der Waals surface area contributed by atoms with Crippen molar-refractivity contribution in [3.8, 4) is 11.5 Å². The molecule has 1 amide bonds. The molecule has 1 aliphatic rings. The molecule has 2 aromatic carbocycles. The Bertz CT molecular complexity index is 1010. The zero-order valence-corrected chi connectivity index (χ0v) is 15.6. The summed E-state index contributed by atoms with van der Waals surface area (Å²) in [7, 11) is 0. The lowest BCUT2D eigenvalue weighted by Crippen LogP contribution is -2.37.